The number of hydrogen-bond acceptors (Lipinski definition) is 2. The number of carboxylic acids is 1. The van der Waals surface area contributed by atoms with Crippen LogP contribution in [0.1, 0.15) is 22.6 Å². The van der Waals surface area contributed by atoms with Crippen LogP contribution in [0.4, 0.5) is 0 Å². The summed E-state index contributed by atoms with van der Waals surface area (Å²) in [6.45, 7) is 3.44. The number of aryl methyl sites for hydroxylation is 2. The van der Waals surface area contributed by atoms with Crippen molar-refractivity contribution in [3.63, 3.8) is 0 Å². The molecule has 3 nitrogen and oxygen atoms in total. The molecule has 0 spiro atoms. The van der Waals surface area contributed by atoms with E-state index >= 15 is 0 Å². The Kier molecular flexibility index (Phi) is 3.25. The first kappa shape index (κ1) is 10.7. The van der Waals surface area contributed by atoms with Crippen molar-refractivity contribution in [2.75, 3.05) is 6.61 Å². The molecule has 0 saturated heterocycles. The van der Waals surface area contributed by atoms with Crippen molar-refractivity contribution in [2.45, 2.75) is 19.8 Å². The molecule has 0 heterocycles. The van der Waals surface area contributed by atoms with Crippen molar-refractivity contribution in [1.29, 1.82) is 0 Å². The van der Waals surface area contributed by atoms with Gasteiger partial charge in [0.05, 0.1) is 6.61 Å². The monoisotopic (exact) mass is 194 g/mol. The van der Waals surface area contributed by atoms with Gasteiger partial charge in [-0.1, -0.05) is 23.8 Å². The molecule has 3 heteroatoms. The first-order chi connectivity index (χ1) is 6.56. The Labute approximate surface area is 83.0 Å². The minimum atomic E-state index is -0.987. The average molecular weight is 194 g/mol. The van der Waals surface area contributed by atoms with Gasteiger partial charge in [-0.25, -0.2) is 0 Å². The summed E-state index contributed by atoms with van der Waals surface area (Å²) in [5.41, 5.74) is 2.69. The van der Waals surface area contributed by atoms with Crippen LogP contribution in [0.2, 0.25) is 0 Å². The van der Waals surface area contributed by atoms with Crippen LogP contribution >= 0.6 is 0 Å². The van der Waals surface area contributed by atoms with E-state index in [2.05, 4.69) is 0 Å². The van der Waals surface area contributed by atoms with E-state index in [0.29, 0.717) is 5.56 Å². The lowest BCUT2D eigenvalue weighted by molar-refractivity contribution is -0.139. The lowest BCUT2D eigenvalue weighted by Crippen LogP contribution is -2.16. The van der Waals surface area contributed by atoms with Gasteiger partial charge in [-0.3, -0.25) is 4.79 Å². The summed E-state index contributed by atoms with van der Waals surface area (Å²) >= 11 is 0. The van der Waals surface area contributed by atoms with E-state index < -0.39 is 11.9 Å². The average Bonchev–Trinajstić information content (AvgIpc) is 2.09. The van der Waals surface area contributed by atoms with Crippen LogP contribution in [-0.4, -0.2) is 22.8 Å². The highest BCUT2D eigenvalue weighted by atomic mass is 16.4. The molecule has 0 fully saturated rings. The fourth-order valence-electron chi connectivity index (χ4n) is 1.53. The fourth-order valence-corrected chi connectivity index (χ4v) is 1.53. The molecule has 1 unspecified atom stereocenters. The number of hydrogen-bond donors (Lipinski definition) is 2. The number of benzene rings is 1. The SMILES string of the molecule is Cc1ccc(C(CO)C(=O)O)c(C)c1. The smallest absolute Gasteiger partial charge is 0.313 e. The Hall–Kier alpha value is -1.35. The second kappa shape index (κ2) is 4.24. The Balaban J connectivity index is 3.10. The Morgan fingerprint density at radius 3 is 2.50 bits per heavy atom. The largest absolute Gasteiger partial charge is 0.481 e. The van der Waals surface area contributed by atoms with Crippen molar-refractivity contribution < 1.29 is 15.0 Å². The third-order valence-electron chi connectivity index (χ3n) is 2.28. The van der Waals surface area contributed by atoms with Gasteiger partial charge >= 0.3 is 5.97 Å². The maximum Gasteiger partial charge on any atom is 0.313 e. The number of aliphatic hydroxyl groups excluding tert-OH is 1. The van der Waals surface area contributed by atoms with Gasteiger partial charge in [0.1, 0.15) is 5.92 Å². The highest BCUT2D eigenvalue weighted by Gasteiger charge is 2.20. The van der Waals surface area contributed by atoms with Crippen molar-refractivity contribution in [3.8, 4) is 0 Å². The molecule has 2 N–H and O–H groups in total. The standard InChI is InChI=1S/C11H14O3/c1-7-3-4-9(8(2)5-7)10(6-12)11(13)14/h3-5,10,12H,6H2,1-2H3,(H,13,14). The van der Waals surface area contributed by atoms with Crippen LogP contribution in [0.25, 0.3) is 0 Å². The minimum absolute atomic E-state index is 0.362. The van der Waals surface area contributed by atoms with E-state index in [1.54, 1.807) is 6.07 Å². The lowest BCUT2D eigenvalue weighted by Gasteiger charge is -2.12. The van der Waals surface area contributed by atoms with Crippen molar-refractivity contribution in [3.05, 3.63) is 34.9 Å². The molecule has 14 heavy (non-hydrogen) atoms. The summed E-state index contributed by atoms with van der Waals surface area (Å²) in [5.74, 6) is -1.80. The van der Waals surface area contributed by atoms with E-state index in [1.807, 2.05) is 26.0 Å². The van der Waals surface area contributed by atoms with Gasteiger partial charge in [-0.05, 0) is 25.0 Å². The highest BCUT2D eigenvalue weighted by Crippen LogP contribution is 2.20. The highest BCUT2D eigenvalue weighted by molar-refractivity contribution is 5.76. The van der Waals surface area contributed by atoms with Crippen LogP contribution in [0, 0.1) is 13.8 Å². The van der Waals surface area contributed by atoms with Crippen LogP contribution in [0.15, 0.2) is 18.2 Å². The first-order valence-corrected chi connectivity index (χ1v) is 4.47. The summed E-state index contributed by atoms with van der Waals surface area (Å²) in [6.07, 6.45) is 0. The zero-order valence-electron chi connectivity index (χ0n) is 8.32. The number of carboxylic acid groups (broad SMARTS) is 1. The summed E-state index contributed by atoms with van der Waals surface area (Å²) in [7, 11) is 0. The molecule has 76 valence electrons. The predicted molar refractivity (Wildman–Crippen MR) is 53.4 cm³/mol. The van der Waals surface area contributed by atoms with E-state index in [1.165, 1.54) is 0 Å². The molecule has 1 aromatic carbocycles. The van der Waals surface area contributed by atoms with Crippen LogP contribution in [0.3, 0.4) is 0 Å². The molecule has 0 saturated carbocycles. The van der Waals surface area contributed by atoms with Gasteiger partial charge in [0.25, 0.3) is 0 Å². The van der Waals surface area contributed by atoms with Gasteiger partial charge in [0.2, 0.25) is 0 Å². The number of rotatable bonds is 3. The summed E-state index contributed by atoms with van der Waals surface area (Å²) in [6, 6.07) is 5.54. The zero-order valence-corrected chi connectivity index (χ0v) is 8.32. The normalized spacial score (nSPS) is 12.5. The second-order valence-corrected chi connectivity index (χ2v) is 3.43. The predicted octanol–water partition coefficient (Wildman–Crippen LogP) is 1.46. The molecule has 0 aromatic heterocycles. The zero-order chi connectivity index (χ0) is 10.7. The van der Waals surface area contributed by atoms with Crippen molar-refractivity contribution in [2.24, 2.45) is 0 Å². The molecule has 0 bridgehead atoms. The molecule has 0 aliphatic carbocycles. The third-order valence-corrected chi connectivity index (χ3v) is 2.28. The summed E-state index contributed by atoms with van der Waals surface area (Å²) in [4.78, 5) is 10.8. The topological polar surface area (TPSA) is 57.5 Å². The summed E-state index contributed by atoms with van der Waals surface area (Å²) < 4.78 is 0. The minimum Gasteiger partial charge on any atom is -0.481 e. The maximum atomic E-state index is 10.8. The van der Waals surface area contributed by atoms with Gasteiger partial charge in [0.15, 0.2) is 0 Å². The van der Waals surface area contributed by atoms with Gasteiger partial charge in [-0.15, -0.1) is 0 Å². The summed E-state index contributed by atoms with van der Waals surface area (Å²) in [5, 5.41) is 17.8. The van der Waals surface area contributed by atoms with E-state index in [9.17, 15) is 4.79 Å². The van der Waals surface area contributed by atoms with Gasteiger partial charge < -0.3 is 10.2 Å². The second-order valence-electron chi connectivity index (χ2n) is 3.43. The number of aliphatic hydroxyl groups is 1. The van der Waals surface area contributed by atoms with Gasteiger partial charge in [-0.2, -0.15) is 0 Å². The molecule has 0 aliphatic rings. The van der Waals surface area contributed by atoms with Crippen LogP contribution < -0.4 is 0 Å². The molecule has 1 atom stereocenters. The quantitative estimate of drug-likeness (QED) is 0.766. The van der Waals surface area contributed by atoms with E-state index in [0.717, 1.165) is 11.1 Å². The van der Waals surface area contributed by atoms with Crippen LogP contribution in [0.5, 0.6) is 0 Å². The third kappa shape index (κ3) is 2.12. The molecule has 0 radical (unpaired) electrons. The lowest BCUT2D eigenvalue weighted by atomic mass is 9.94. The van der Waals surface area contributed by atoms with E-state index in [-0.39, 0.29) is 6.61 Å². The number of carbonyl (C=O) groups is 1. The van der Waals surface area contributed by atoms with Crippen molar-refractivity contribution in [1.82, 2.24) is 0 Å². The molecule has 0 aliphatic heterocycles. The molecular weight excluding hydrogens is 180 g/mol. The fraction of sp³-hybridized carbons (Fsp3) is 0.364. The maximum absolute atomic E-state index is 10.8. The molecule has 0 amide bonds. The Morgan fingerprint density at radius 1 is 1.43 bits per heavy atom. The Morgan fingerprint density at radius 2 is 2.07 bits per heavy atom. The molecule has 1 aromatic rings. The molecular formula is C11H14O3. The molecule has 1 rings (SSSR count). The first-order valence-electron chi connectivity index (χ1n) is 4.47. The van der Waals surface area contributed by atoms with Gasteiger partial charge in [0, 0.05) is 0 Å². The van der Waals surface area contributed by atoms with E-state index in [4.69, 9.17) is 10.2 Å². The number of aliphatic carboxylic acids is 1. The van der Waals surface area contributed by atoms with Crippen molar-refractivity contribution >= 4 is 5.97 Å². The Bertz CT molecular complexity index is 344. The van der Waals surface area contributed by atoms with Crippen LogP contribution in [-0.2, 0) is 4.79 Å².